The zero-order valence-corrected chi connectivity index (χ0v) is 14.7. The van der Waals surface area contributed by atoms with Crippen molar-refractivity contribution < 1.29 is 14.3 Å². The second-order valence-corrected chi connectivity index (χ2v) is 7.09. The molecule has 0 spiro atoms. The number of nitrogens with zero attached hydrogens (tertiary/aromatic N) is 1. The zero-order valence-electron chi connectivity index (χ0n) is 14.7. The zero-order chi connectivity index (χ0) is 17.5. The Balaban J connectivity index is 2.72. The molecule has 23 heavy (non-hydrogen) atoms. The number of hydroxylamine groups is 1. The van der Waals surface area contributed by atoms with Gasteiger partial charge in [-0.25, -0.2) is 9.53 Å². The molecule has 1 aromatic carbocycles. The average molecular weight is 320 g/mol. The lowest BCUT2D eigenvalue weighted by Gasteiger charge is -2.22. The first-order valence-electron chi connectivity index (χ1n) is 7.98. The van der Waals surface area contributed by atoms with Gasteiger partial charge in [-0.15, -0.1) is 0 Å². The van der Waals surface area contributed by atoms with Gasteiger partial charge in [-0.2, -0.15) is 0 Å². The van der Waals surface area contributed by atoms with Crippen molar-refractivity contribution in [2.45, 2.75) is 59.2 Å². The molecule has 1 aromatic rings. The number of amides is 1. The van der Waals surface area contributed by atoms with Crippen molar-refractivity contribution in [3.05, 3.63) is 41.1 Å². The molecule has 0 saturated heterocycles. The standard InChI is InChI=1S/C18H28N2O3/c1-14(2)11-16(19-17(21)23-18(3,4)5)13-20(22)12-15-9-7-6-8-10-15/h6-10,13-14,16H,11-12H2,1-5H3,(H,19,21)/b20-13-/t16-/m0/s1. The van der Waals surface area contributed by atoms with Gasteiger partial charge in [0, 0.05) is 5.56 Å². The Kier molecular flexibility index (Phi) is 7.07. The maximum atomic E-state index is 12.1. The monoisotopic (exact) mass is 320 g/mol. The highest BCUT2D eigenvalue weighted by Gasteiger charge is 2.21. The summed E-state index contributed by atoms with van der Waals surface area (Å²) in [6.07, 6.45) is 1.68. The molecule has 1 rings (SSSR count). The first-order chi connectivity index (χ1) is 10.7. The van der Waals surface area contributed by atoms with E-state index in [1.807, 2.05) is 65.0 Å². The molecule has 0 aliphatic carbocycles. The molecule has 0 bridgehead atoms. The topological polar surface area (TPSA) is 64.4 Å². The number of nitrogens with one attached hydrogen (secondary N) is 1. The quantitative estimate of drug-likeness (QED) is 0.376. The van der Waals surface area contributed by atoms with E-state index in [2.05, 4.69) is 5.32 Å². The summed E-state index contributed by atoms with van der Waals surface area (Å²) >= 11 is 0. The molecule has 1 N–H and O–H groups in total. The van der Waals surface area contributed by atoms with Gasteiger partial charge in [-0.3, -0.25) is 0 Å². The van der Waals surface area contributed by atoms with Crippen molar-refractivity contribution in [2.75, 3.05) is 0 Å². The molecule has 1 atom stereocenters. The van der Waals surface area contributed by atoms with Crippen LogP contribution in [0.3, 0.4) is 0 Å². The van der Waals surface area contributed by atoms with Crippen molar-refractivity contribution >= 4 is 12.3 Å². The molecule has 0 aliphatic heterocycles. The van der Waals surface area contributed by atoms with Gasteiger partial charge in [0.1, 0.15) is 11.6 Å². The van der Waals surface area contributed by atoms with Gasteiger partial charge in [0.05, 0.1) is 0 Å². The number of ether oxygens (including phenoxy) is 1. The van der Waals surface area contributed by atoms with E-state index in [9.17, 15) is 10.0 Å². The molecule has 5 nitrogen and oxygen atoms in total. The lowest BCUT2D eigenvalue weighted by Crippen LogP contribution is -2.41. The fourth-order valence-electron chi connectivity index (χ4n) is 2.14. The SMILES string of the molecule is CC(C)C[C@@H](/C=[N+](\[O-])Cc1ccccc1)NC(=O)OC(C)(C)C. The molecule has 0 radical (unpaired) electrons. The molecule has 5 heteroatoms. The van der Waals surface area contributed by atoms with Crippen LogP contribution >= 0.6 is 0 Å². The van der Waals surface area contributed by atoms with Crippen molar-refractivity contribution in [2.24, 2.45) is 5.92 Å². The van der Waals surface area contributed by atoms with Crippen molar-refractivity contribution in [1.82, 2.24) is 5.32 Å². The van der Waals surface area contributed by atoms with Gasteiger partial charge in [-0.05, 0) is 33.1 Å². The molecule has 0 saturated carbocycles. The van der Waals surface area contributed by atoms with E-state index in [0.717, 1.165) is 10.3 Å². The molecular formula is C18H28N2O3. The summed E-state index contributed by atoms with van der Waals surface area (Å²) in [6, 6.07) is 9.15. The van der Waals surface area contributed by atoms with Crippen molar-refractivity contribution in [3.8, 4) is 0 Å². The van der Waals surface area contributed by atoms with E-state index >= 15 is 0 Å². The minimum absolute atomic E-state index is 0.255. The maximum Gasteiger partial charge on any atom is 0.408 e. The van der Waals surface area contributed by atoms with Crippen LogP contribution in [-0.2, 0) is 11.3 Å². The van der Waals surface area contributed by atoms with Gasteiger partial charge < -0.3 is 15.3 Å². The summed E-state index contributed by atoms with van der Waals surface area (Å²) in [5, 5.41) is 14.9. The summed E-state index contributed by atoms with van der Waals surface area (Å²) in [5.41, 5.74) is 0.368. The number of hydrogen-bond acceptors (Lipinski definition) is 3. The van der Waals surface area contributed by atoms with Crippen molar-refractivity contribution in [1.29, 1.82) is 0 Å². The Hall–Kier alpha value is -2.04. The highest BCUT2D eigenvalue weighted by molar-refractivity contribution is 5.73. The smallest absolute Gasteiger partial charge is 0.408 e. The normalized spacial score (nSPS) is 13.7. The molecule has 128 valence electrons. The number of carbonyl (C=O) groups excluding carboxylic acids is 1. The molecule has 0 heterocycles. The third-order valence-corrected chi connectivity index (χ3v) is 2.95. The van der Waals surface area contributed by atoms with E-state index in [4.69, 9.17) is 4.74 Å². The Morgan fingerprint density at radius 2 is 1.91 bits per heavy atom. The largest absolute Gasteiger partial charge is 0.624 e. The van der Waals surface area contributed by atoms with E-state index in [-0.39, 0.29) is 12.6 Å². The Labute approximate surface area is 138 Å². The molecule has 0 unspecified atom stereocenters. The van der Waals surface area contributed by atoms with Crippen LogP contribution < -0.4 is 5.32 Å². The minimum Gasteiger partial charge on any atom is -0.624 e. The van der Waals surface area contributed by atoms with Crippen LogP contribution in [0.25, 0.3) is 0 Å². The van der Waals surface area contributed by atoms with Crippen LogP contribution in [0.4, 0.5) is 4.79 Å². The molecule has 1 amide bonds. The number of benzene rings is 1. The van der Waals surface area contributed by atoms with Crippen LogP contribution in [0.2, 0.25) is 0 Å². The van der Waals surface area contributed by atoms with Gasteiger partial charge >= 0.3 is 6.09 Å². The average Bonchev–Trinajstić information content (AvgIpc) is 2.36. The highest BCUT2D eigenvalue weighted by Crippen LogP contribution is 2.09. The summed E-state index contributed by atoms with van der Waals surface area (Å²) in [4.78, 5) is 11.9. The summed E-state index contributed by atoms with van der Waals surface area (Å²) < 4.78 is 6.12. The number of hydrogen-bond donors (Lipinski definition) is 1. The van der Waals surface area contributed by atoms with Crippen molar-refractivity contribution in [3.63, 3.8) is 0 Å². The predicted molar refractivity (Wildman–Crippen MR) is 92.5 cm³/mol. The molecule has 0 fully saturated rings. The first-order valence-corrected chi connectivity index (χ1v) is 7.98. The minimum atomic E-state index is -0.562. The predicted octanol–water partition coefficient (Wildman–Crippen LogP) is 3.71. The lowest BCUT2D eigenvalue weighted by atomic mass is 10.0. The maximum absolute atomic E-state index is 12.1. The molecular weight excluding hydrogens is 292 g/mol. The fourth-order valence-corrected chi connectivity index (χ4v) is 2.14. The third-order valence-electron chi connectivity index (χ3n) is 2.95. The van der Waals surface area contributed by atoms with E-state index in [1.165, 1.54) is 6.21 Å². The van der Waals surface area contributed by atoms with Gasteiger partial charge in [0.2, 0.25) is 0 Å². The molecule has 0 aliphatic rings. The van der Waals surface area contributed by atoms with Crippen LogP contribution in [0.15, 0.2) is 30.3 Å². The Morgan fingerprint density at radius 1 is 1.30 bits per heavy atom. The number of carbonyl (C=O) groups is 1. The Morgan fingerprint density at radius 3 is 2.43 bits per heavy atom. The van der Waals surface area contributed by atoms with Crippen LogP contribution in [-0.4, -0.2) is 28.7 Å². The summed E-state index contributed by atoms with van der Waals surface area (Å²) in [7, 11) is 0. The third kappa shape index (κ3) is 8.86. The second kappa shape index (κ2) is 8.56. The first kappa shape index (κ1) is 19.0. The van der Waals surface area contributed by atoms with Gasteiger partial charge in [0.25, 0.3) is 0 Å². The number of alkyl carbamates (subject to hydrolysis) is 1. The highest BCUT2D eigenvalue weighted by atomic mass is 16.6. The lowest BCUT2D eigenvalue weighted by molar-refractivity contribution is -0.471. The number of rotatable bonds is 6. The van der Waals surface area contributed by atoms with E-state index in [0.29, 0.717) is 12.3 Å². The molecule has 0 aromatic heterocycles. The van der Waals surface area contributed by atoms with Crippen LogP contribution in [0.1, 0.15) is 46.6 Å². The van der Waals surface area contributed by atoms with Gasteiger partial charge in [-0.1, -0.05) is 44.2 Å². The van der Waals surface area contributed by atoms with Gasteiger partial charge in [0.15, 0.2) is 12.8 Å². The van der Waals surface area contributed by atoms with E-state index in [1.54, 1.807) is 0 Å². The van der Waals surface area contributed by atoms with E-state index < -0.39 is 11.7 Å². The van der Waals surface area contributed by atoms with Crippen LogP contribution in [0, 0.1) is 11.1 Å². The fraction of sp³-hybridized carbons (Fsp3) is 0.556. The Bertz CT molecular complexity index is 519. The summed E-state index contributed by atoms with van der Waals surface area (Å²) in [6.45, 7) is 9.77. The summed E-state index contributed by atoms with van der Waals surface area (Å²) in [5.74, 6) is 0.344. The van der Waals surface area contributed by atoms with Crippen LogP contribution in [0.5, 0.6) is 0 Å². The second-order valence-electron chi connectivity index (χ2n) is 7.09.